The highest BCUT2D eigenvalue weighted by Gasteiger charge is 2.02. The summed E-state index contributed by atoms with van der Waals surface area (Å²) in [5.41, 5.74) is 1.16. The number of alkyl halides is 1. The van der Waals surface area contributed by atoms with E-state index in [0.717, 1.165) is 27.9 Å². The van der Waals surface area contributed by atoms with Crippen LogP contribution in [-0.4, -0.2) is 5.88 Å². The van der Waals surface area contributed by atoms with Gasteiger partial charge in [0.2, 0.25) is 0 Å². The fourth-order valence-electron chi connectivity index (χ4n) is 0.999. The van der Waals surface area contributed by atoms with Gasteiger partial charge in [-0.15, -0.1) is 11.6 Å². The molecule has 0 unspecified atom stereocenters. The lowest BCUT2D eigenvalue weighted by atomic mass is 10.1. The molecule has 0 fully saturated rings. The smallest absolute Gasteiger partial charge is 0.0580 e. The lowest BCUT2D eigenvalue weighted by Crippen LogP contribution is -1.87. The first-order valence-corrected chi connectivity index (χ1v) is 5.45. The van der Waals surface area contributed by atoms with Crippen molar-refractivity contribution in [3.8, 4) is 0 Å². The molecule has 0 nitrogen and oxygen atoms in total. The van der Waals surface area contributed by atoms with Gasteiger partial charge in [-0.2, -0.15) is 0 Å². The highest BCUT2D eigenvalue weighted by molar-refractivity contribution is 9.10. The van der Waals surface area contributed by atoms with Crippen molar-refractivity contribution in [2.24, 2.45) is 0 Å². The average Bonchev–Trinajstić information content (AvgIpc) is 2.08. The summed E-state index contributed by atoms with van der Waals surface area (Å²) in [6, 6.07) is 5.95. The van der Waals surface area contributed by atoms with Gasteiger partial charge in [-0.25, -0.2) is 0 Å². The third kappa shape index (κ3) is 2.65. The van der Waals surface area contributed by atoms with Crippen molar-refractivity contribution in [1.29, 1.82) is 0 Å². The van der Waals surface area contributed by atoms with E-state index >= 15 is 0 Å². The van der Waals surface area contributed by atoms with Crippen LogP contribution in [0.1, 0.15) is 12.0 Å². The van der Waals surface area contributed by atoms with E-state index in [0.29, 0.717) is 5.88 Å². The molecule has 0 aliphatic rings. The van der Waals surface area contributed by atoms with Gasteiger partial charge < -0.3 is 0 Å². The Balaban J connectivity index is 2.78. The molecule has 0 radical (unpaired) electrons. The maximum Gasteiger partial charge on any atom is 0.0580 e. The molecule has 1 aromatic carbocycles. The fourth-order valence-corrected chi connectivity index (χ4v) is 1.76. The van der Waals surface area contributed by atoms with Gasteiger partial charge in [-0.3, -0.25) is 0 Å². The number of hydrogen-bond acceptors (Lipinski definition) is 0. The summed E-state index contributed by atoms with van der Waals surface area (Å²) in [6.45, 7) is 0. The number of halogens is 3. The van der Waals surface area contributed by atoms with Crippen molar-refractivity contribution in [2.45, 2.75) is 12.8 Å². The summed E-state index contributed by atoms with van der Waals surface area (Å²) in [7, 11) is 0. The summed E-state index contributed by atoms with van der Waals surface area (Å²) in [5, 5.41) is 0.808. The molecule has 66 valence electrons. The van der Waals surface area contributed by atoms with Gasteiger partial charge in [0.05, 0.1) is 5.02 Å². The second-order valence-corrected chi connectivity index (χ2v) is 4.12. The van der Waals surface area contributed by atoms with Crippen molar-refractivity contribution in [3.63, 3.8) is 0 Å². The number of rotatable bonds is 3. The first-order chi connectivity index (χ1) is 5.75. The Morgan fingerprint density at radius 3 is 2.75 bits per heavy atom. The Labute approximate surface area is 91.0 Å². The molecule has 1 aromatic rings. The van der Waals surface area contributed by atoms with Gasteiger partial charge in [0.1, 0.15) is 0 Å². The summed E-state index contributed by atoms with van der Waals surface area (Å²) in [4.78, 5) is 0. The molecular weight excluding hydrogens is 259 g/mol. The van der Waals surface area contributed by atoms with Crippen LogP contribution in [0, 0.1) is 0 Å². The second-order valence-electron chi connectivity index (χ2n) is 2.51. The highest BCUT2D eigenvalue weighted by Crippen LogP contribution is 2.26. The Hall–Kier alpha value is 0.280. The van der Waals surface area contributed by atoms with Crippen LogP contribution >= 0.6 is 39.1 Å². The fraction of sp³-hybridized carbons (Fsp3) is 0.333. The summed E-state index contributed by atoms with van der Waals surface area (Å²) >= 11 is 15.0. The van der Waals surface area contributed by atoms with E-state index in [2.05, 4.69) is 15.9 Å². The summed E-state index contributed by atoms with van der Waals surface area (Å²) < 4.78 is 0.955. The van der Waals surface area contributed by atoms with Crippen LogP contribution in [0.3, 0.4) is 0 Å². The molecule has 0 aliphatic heterocycles. The molecule has 0 amide bonds. The van der Waals surface area contributed by atoms with E-state index in [4.69, 9.17) is 23.2 Å². The Morgan fingerprint density at radius 1 is 1.33 bits per heavy atom. The van der Waals surface area contributed by atoms with E-state index in [1.807, 2.05) is 18.2 Å². The molecule has 1 rings (SSSR count). The number of hydrogen-bond donors (Lipinski definition) is 0. The van der Waals surface area contributed by atoms with E-state index in [-0.39, 0.29) is 0 Å². The topological polar surface area (TPSA) is 0 Å². The minimum atomic E-state index is 0.683. The van der Waals surface area contributed by atoms with Gasteiger partial charge in [-0.05, 0) is 40.4 Å². The molecule has 0 atom stereocenters. The second kappa shape index (κ2) is 5.11. The Morgan fingerprint density at radius 2 is 2.08 bits per heavy atom. The van der Waals surface area contributed by atoms with Gasteiger partial charge in [0.15, 0.2) is 0 Å². The van der Waals surface area contributed by atoms with Crippen LogP contribution in [0.15, 0.2) is 22.7 Å². The molecule has 0 aromatic heterocycles. The SMILES string of the molecule is ClCCCc1cccc(Br)c1Cl. The van der Waals surface area contributed by atoms with Crippen LogP contribution in [0.25, 0.3) is 0 Å². The molecule has 12 heavy (non-hydrogen) atoms. The van der Waals surface area contributed by atoms with Crippen LogP contribution in [0.5, 0.6) is 0 Å². The summed E-state index contributed by atoms with van der Waals surface area (Å²) in [6.07, 6.45) is 1.92. The summed E-state index contributed by atoms with van der Waals surface area (Å²) in [5.74, 6) is 0.683. The predicted molar refractivity (Wildman–Crippen MR) is 58.2 cm³/mol. The van der Waals surface area contributed by atoms with E-state index in [1.54, 1.807) is 0 Å². The molecule has 0 saturated carbocycles. The molecule has 0 aliphatic carbocycles. The number of benzene rings is 1. The van der Waals surface area contributed by atoms with Crippen molar-refractivity contribution >= 4 is 39.1 Å². The largest absolute Gasteiger partial charge is 0.127 e. The quantitative estimate of drug-likeness (QED) is 0.718. The molecule has 0 spiro atoms. The van der Waals surface area contributed by atoms with E-state index in [1.165, 1.54) is 0 Å². The van der Waals surface area contributed by atoms with Crippen LogP contribution in [-0.2, 0) is 6.42 Å². The van der Waals surface area contributed by atoms with Crippen LogP contribution < -0.4 is 0 Å². The molecular formula is C9H9BrCl2. The third-order valence-corrected chi connectivity index (χ3v) is 3.21. The first-order valence-electron chi connectivity index (χ1n) is 3.74. The molecule has 0 N–H and O–H groups in total. The van der Waals surface area contributed by atoms with Crippen LogP contribution in [0.4, 0.5) is 0 Å². The zero-order valence-corrected chi connectivity index (χ0v) is 9.59. The predicted octanol–water partition coefficient (Wildman–Crippen LogP) is 4.27. The Bertz CT molecular complexity index is 261. The molecule has 0 heterocycles. The lowest BCUT2D eigenvalue weighted by Gasteiger charge is -2.03. The first kappa shape index (κ1) is 10.4. The lowest BCUT2D eigenvalue weighted by molar-refractivity contribution is 0.928. The van der Waals surface area contributed by atoms with Crippen molar-refractivity contribution in [3.05, 3.63) is 33.3 Å². The molecule has 0 saturated heterocycles. The minimum Gasteiger partial charge on any atom is -0.127 e. The van der Waals surface area contributed by atoms with Crippen molar-refractivity contribution < 1.29 is 0 Å². The monoisotopic (exact) mass is 266 g/mol. The minimum absolute atomic E-state index is 0.683. The van der Waals surface area contributed by atoms with Crippen LogP contribution in [0.2, 0.25) is 5.02 Å². The van der Waals surface area contributed by atoms with Gasteiger partial charge >= 0.3 is 0 Å². The zero-order valence-electron chi connectivity index (χ0n) is 6.49. The van der Waals surface area contributed by atoms with Crippen molar-refractivity contribution in [2.75, 3.05) is 5.88 Å². The zero-order chi connectivity index (χ0) is 8.97. The normalized spacial score (nSPS) is 10.2. The standard InChI is InChI=1S/C9H9BrCl2/c10-8-5-1-3-7(9(8)12)4-2-6-11/h1,3,5H,2,4,6H2. The molecule has 3 heteroatoms. The van der Waals surface area contributed by atoms with Gasteiger partial charge in [0.25, 0.3) is 0 Å². The Kier molecular flexibility index (Phi) is 4.41. The van der Waals surface area contributed by atoms with E-state index in [9.17, 15) is 0 Å². The molecule has 0 bridgehead atoms. The van der Waals surface area contributed by atoms with Gasteiger partial charge in [0, 0.05) is 10.4 Å². The third-order valence-electron chi connectivity index (χ3n) is 1.61. The maximum atomic E-state index is 6.04. The van der Waals surface area contributed by atoms with Crippen molar-refractivity contribution in [1.82, 2.24) is 0 Å². The number of aryl methyl sites for hydroxylation is 1. The highest BCUT2D eigenvalue weighted by atomic mass is 79.9. The maximum absolute atomic E-state index is 6.04. The van der Waals surface area contributed by atoms with E-state index < -0.39 is 0 Å². The van der Waals surface area contributed by atoms with Gasteiger partial charge in [-0.1, -0.05) is 23.7 Å². The average molecular weight is 268 g/mol.